The number of halogens is 1. The Morgan fingerprint density at radius 1 is 1.04 bits per heavy atom. The van der Waals surface area contributed by atoms with E-state index in [1.54, 1.807) is 24.3 Å². The van der Waals surface area contributed by atoms with E-state index >= 15 is 0 Å². The summed E-state index contributed by atoms with van der Waals surface area (Å²) in [5, 5.41) is 44.6. The molecule has 0 saturated heterocycles. The second-order valence-electron chi connectivity index (χ2n) is 12.7. The van der Waals surface area contributed by atoms with Gasteiger partial charge in [0.25, 0.3) is 0 Å². The first-order chi connectivity index (χ1) is 23.4. The van der Waals surface area contributed by atoms with E-state index in [9.17, 15) is 34.1 Å². The van der Waals surface area contributed by atoms with Gasteiger partial charge < -0.3 is 36.8 Å². The number of fused-ring (bicyclic) bond motifs is 3. The number of aryl methyl sites for hydroxylation is 1. The molecule has 1 heterocycles. The Balaban J connectivity index is 1.74. The summed E-state index contributed by atoms with van der Waals surface area (Å²) in [5.74, 6) is -2.73. The number of benzene rings is 2. The summed E-state index contributed by atoms with van der Waals surface area (Å²) in [6.07, 6.45) is 3.84. The Hall–Kier alpha value is -4.65. The molecule has 3 atom stereocenters. The molecule has 4 rings (SSSR count). The van der Waals surface area contributed by atoms with Crippen molar-refractivity contribution in [1.82, 2.24) is 10.3 Å². The highest BCUT2D eigenvalue weighted by atomic mass is 19.1. The molecule has 1 aromatic heterocycles. The highest BCUT2D eigenvalue weighted by Gasteiger charge is 2.26. The predicted octanol–water partition coefficient (Wildman–Crippen LogP) is 5.47. The van der Waals surface area contributed by atoms with Crippen LogP contribution in [0.5, 0.6) is 0 Å². The summed E-state index contributed by atoms with van der Waals surface area (Å²) in [6.45, 7) is 4.44. The molecule has 0 aliphatic heterocycles. The summed E-state index contributed by atoms with van der Waals surface area (Å²) in [7, 11) is 0. The van der Waals surface area contributed by atoms with Gasteiger partial charge in [0.05, 0.1) is 30.0 Å². The van der Waals surface area contributed by atoms with Crippen LogP contribution in [-0.2, 0) is 22.4 Å². The van der Waals surface area contributed by atoms with E-state index in [1.165, 1.54) is 18.2 Å². The smallest absolute Gasteiger partial charge is 0.326 e. The number of carboxylic acid groups (broad SMARTS) is 2. The molecule has 0 spiro atoms. The van der Waals surface area contributed by atoms with Gasteiger partial charge in [0.2, 0.25) is 0 Å². The Morgan fingerprint density at radius 2 is 1.78 bits per heavy atom. The monoisotopic (exact) mass is 676 g/mol. The zero-order chi connectivity index (χ0) is 35.7. The SMILES string of the molecule is CC(C)c1nc2c(c(-c3ccc(F)cc3)c1C=C[C@@H](O)C[C@@H](O)CC(=O)O)CCCc1cc(NC(=O)N[C@@H](CCCCN)C(=O)O)ccc1-2. The number of amides is 2. The highest BCUT2D eigenvalue weighted by molar-refractivity contribution is 5.93. The van der Waals surface area contributed by atoms with Gasteiger partial charge in [-0.2, -0.15) is 0 Å². The lowest BCUT2D eigenvalue weighted by Crippen LogP contribution is -2.43. The molecule has 0 saturated carbocycles. The summed E-state index contributed by atoms with van der Waals surface area (Å²) in [4.78, 5) is 40.6. The number of carboxylic acids is 2. The molecule has 0 unspecified atom stereocenters. The van der Waals surface area contributed by atoms with Gasteiger partial charge in [-0.1, -0.05) is 44.2 Å². The summed E-state index contributed by atoms with van der Waals surface area (Å²) in [6, 6.07) is 10.0. The third-order valence-corrected chi connectivity index (χ3v) is 8.50. The maximum atomic E-state index is 14.1. The molecule has 8 N–H and O–H groups in total. The average Bonchev–Trinajstić information content (AvgIpc) is 3.21. The van der Waals surface area contributed by atoms with Crippen molar-refractivity contribution >= 4 is 29.7 Å². The Morgan fingerprint density at radius 3 is 2.43 bits per heavy atom. The van der Waals surface area contributed by atoms with E-state index in [0.29, 0.717) is 37.9 Å². The minimum Gasteiger partial charge on any atom is -0.481 e. The van der Waals surface area contributed by atoms with Gasteiger partial charge in [0.15, 0.2) is 0 Å². The topological polar surface area (TPSA) is 195 Å². The number of unbranched alkanes of at least 4 members (excludes halogenated alkanes) is 1. The third kappa shape index (κ3) is 9.94. The quantitative estimate of drug-likeness (QED) is 0.102. The number of hydrogen-bond acceptors (Lipinski definition) is 7. The minimum absolute atomic E-state index is 0.0673. The molecule has 262 valence electrons. The number of nitrogens with two attached hydrogens (primary N) is 1. The van der Waals surface area contributed by atoms with E-state index in [1.807, 2.05) is 26.0 Å². The van der Waals surface area contributed by atoms with Crippen molar-refractivity contribution < 1.29 is 39.2 Å². The number of pyridine rings is 1. The van der Waals surface area contributed by atoms with Crippen LogP contribution in [0.3, 0.4) is 0 Å². The van der Waals surface area contributed by atoms with Crippen molar-refractivity contribution in [2.45, 2.75) is 89.4 Å². The second-order valence-corrected chi connectivity index (χ2v) is 12.7. The first-order valence-corrected chi connectivity index (χ1v) is 16.6. The number of aliphatic hydroxyl groups excluding tert-OH is 2. The zero-order valence-corrected chi connectivity index (χ0v) is 27.8. The summed E-state index contributed by atoms with van der Waals surface area (Å²) < 4.78 is 14.1. The van der Waals surface area contributed by atoms with Crippen LogP contribution < -0.4 is 16.4 Å². The van der Waals surface area contributed by atoms with Crippen LogP contribution in [0.2, 0.25) is 0 Å². The van der Waals surface area contributed by atoms with E-state index in [-0.39, 0.29) is 24.6 Å². The largest absolute Gasteiger partial charge is 0.481 e. The number of nitrogens with zero attached hydrogens (tertiary/aromatic N) is 1. The number of aromatic nitrogens is 1. The van der Waals surface area contributed by atoms with Gasteiger partial charge in [0.1, 0.15) is 11.9 Å². The van der Waals surface area contributed by atoms with Crippen molar-refractivity contribution in [3.63, 3.8) is 0 Å². The normalized spacial score (nSPS) is 14.4. The number of nitrogens with one attached hydrogen (secondary N) is 2. The molecule has 11 nitrogen and oxygen atoms in total. The molecule has 49 heavy (non-hydrogen) atoms. The number of hydrogen-bond donors (Lipinski definition) is 7. The molecule has 1 aliphatic rings. The Labute approximate surface area is 285 Å². The number of aliphatic carboxylic acids is 2. The van der Waals surface area contributed by atoms with Crippen molar-refractivity contribution in [1.29, 1.82) is 0 Å². The van der Waals surface area contributed by atoms with Gasteiger partial charge in [-0.3, -0.25) is 9.78 Å². The number of anilines is 1. The molecule has 12 heteroatoms. The number of carbonyl (C=O) groups is 3. The molecule has 0 bridgehead atoms. The lowest BCUT2D eigenvalue weighted by atomic mass is 9.86. The zero-order valence-electron chi connectivity index (χ0n) is 27.8. The second kappa shape index (κ2) is 17.1. The summed E-state index contributed by atoms with van der Waals surface area (Å²) in [5.41, 5.74) is 12.6. The van der Waals surface area contributed by atoms with Crippen LogP contribution >= 0.6 is 0 Å². The van der Waals surface area contributed by atoms with Gasteiger partial charge >= 0.3 is 18.0 Å². The first-order valence-electron chi connectivity index (χ1n) is 16.6. The van der Waals surface area contributed by atoms with Gasteiger partial charge in [-0.15, -0.1) is 0 Å². The van der Waals surface area contributed by atoms with Crippen LogP contribution in [0.15, 0.2) is 48.5 Å². The van der Waals surface area contributed by atoms with Crippen LogP contribution in [0.1, 0.15) is 80.7 Å². The number of aliphatic hydroxyl groups is 2. The maximum Gasteiger partial charge on any atom is 0.326 e. The maximum absolute atomic E-state index is 14.1. The average molecular weight is 677 g/mol. The van der Waals surface area contributed by atoms with Crippen LogP contribution in [-0.4, -0.2) is 68.2 Å². The van der Waals surface area contributed by atoms with E-state index in [0.717, 1.165) is 51.2 Å². The van der Waals surface area contributed by atoms with Crippen LogP contribution in [0.4, 0.5) is 14.9 Å². The highest BCUT2D eigenvalue weighted by Crippen LogP contribution is 2.42. The Bertz CT molecular complexity index is 1680. The standard InChI is InChI=1S/C37H45FN4O7/c1-21(2)34-30(16-14-26(43)19-27(44)20-32(45)46)33(22-9-11-24(38)12-10-22)29-7-5-6-23-18-25(13-15-28(23)35(29)42-34)40-37(49)41-31(36(47)48)8-3-4-17-39/h9-16,18,21,26-27,31,43-44H,3-8,17,19-20,39H2,1-2H3,(H,45,46)(H,47,48)(H2,40,41,49)/t26-,27-,31+/m1/s1. The molecule has 0 fully saturated rings. The number of urea groups is 1. The molecule has 3 aromatic rings. The summed E-state index contributed by atoms with van der Waals surface area (Å²) >= 11 is 0. The van der Waals surface area contributed by atoms with Crippen LogP contribution in [0, 0.1) is 5.82 Å². The number of rotatable bonds is 15. The van der Waals surface area contributed by atoms with Gasteiger partial charge in [-0.25, -0.2) is 14.0 Å². The fourth-order valence-electron chi connectivity index (χ4n) is 6.17. The van der Waals surface area contributed by atoms with E-state index < -0.39 is 42.6 Å². The van der Waals surface area contributed by atoms with Gasteiger partial charge in [-0.05, 0) is 97.5 Å². The first kappa shape index (κ1) is 37.2. The van der Waals surface area contributed by atoms with Gasteiger partial charge in [0, 0.05) is 23.2 Å². The lowest BCUT2D eigenvalue weighted by Gasteiger charge is -2.22. The van der Waals surface area contributed by atoms with Crippen molar-refractivity contribution in [3.8, 4) is 22.4 Å². The van der Waals surface area contributed by atoms with E-state index in [2.05, 4.69) is 10.6 Å². The van der Waals surface area contributed by atoms with Crippen molar-refractivity contribution in [3.05, 3.63) is 76.7 Å². The molecule has 0 radical (unpaired) electrons. The number of carbonyl (C=O) groups excluding carboxylic acids is 1. The predicted molar refractivity (Wildman–Crippen MR) is 186 cm³/mol. The fourth-order valence-corrected chi connectivity index (χ4v) is 6.17. The Kier molecular flexibility index (Phi) is 13.0. The molecule has 2 aromatic carbocycles. The van der Waals surface area contributed by atoms with Crippen molar-refractivity contribution in [2.24, 2.45) is 5.73 Å². The van der Waals surface area contributed by atoms with E-state index in [4.69, 9.17) is 15.8 Å². The molecular weight excluding hydrogens is 631 g/mol. The molecular formula is C37H45FN4O7. The third-order valence-electron chi connectivity index (χ3n) is 8.50. The fraction of sp³-hybridized carbons (Fsp3) is 0.405. The molecule has 2 amide bonds. The molecule has 1 aliphatic carbocycles. The minimum atomic E-state index is -1.22. The lowest BCUT2D eigenvalue weighted by molar-refractivity contribution is -0.140. The van der Waals surface area contributed by atoms with Crippen LogP contribution in [0.25, 0.3) is 28.5 Å². The van der Waals surface area contributed by atoms with Crippen molar-refractivity contribution in [2.75, 3.05) is 11.9 Å².